The first-order valence-electron chi connectivity index (χ1n) is 8.54. The third kappa shape index (κ3) is 5.12. The molecule has 0 radical (unpaired) electrons. The zero-order valence-electron chi connectivity index (χ0n) is 14.9. The smallest absolute Gasteiger partial charge is 0.251 e. The van der Waals surface area contributed by atoms with Gasteiger partial charge in [0.15, 0.2) is 0 Å². The van der Waals surface area contributed by atoms with E-state index >= 15 is 0 Å². The third-order valence-corrected chi connectivity index (χ3v) is 5.64. The molecule has 1 fully saturated rings. The largest absolute Gasteiger partial charge is 0.374 e. The second-order valence-corrected chi connectivity index (χ2v) is 8.39. The summed E-state index contributed by atoms with van der Waals surface area (Å²) in [5.41, 5.74) is 2.01. The number of rotatable bonds is 5. The van der Waals surface area contributed by atoms with Crippen LogP contribution in [0.5, 0.6) is 0 Å². The minimum absolute atomic E-state index is 0.219. The normalized spacial score (nSPS) is 18.2. The van der Waals surface area contributed by atoms with Gasteiger partial charge in [-0.15, -0.1) is 0 Å². The molecule has 144 valence electrons. The summed E-state index contributed by atoms with van der Waals surface area (Å²) >= 11 is 0. The van der Waals surface area contributed by atoms with E-state index in [0.717, 1.165) is 17.4 Å². The standard InChI is InChI=1S/C19H21FN2O4S/c1-27(24,25)22-9-10-26-18(13-22)12-21-19(23)15-7-5-14(6-8-15)16-3-2-4-17(20)11-16/h2-8,11,18H,9-10,12-13H2,1H3,(H,21,23). The highest BCUT2D eigenvalue weighted by Gasteiger charge is 2.26. The Balaban J connectivity index is 1.58. The molecule has 1 amide bonds. The van der Waals surface area contributed by atoms with E-state index in [9.17, 15) is 17.6 Å². The number of nitrogens with zero attached hydrogens (tertiary/aromatic N) is 1. The molecule has 1 aliphatic rings. The van der Waals surface area contributed by atoms with Gasteiger partial charge in [0.2, 0.25) is 10.0 Å². The molecular formula is C19H21FN2O4S. The number of morpholine rings is 1. The van der Waals surface area contributed by atoms with E-state index in [1.165, 1.54) is 16.4 Å². The number of carbonyl (C=O) groups excluding carboxylic acids is 1. The van der Waals surface area contributed by atoms with Crippen molar-refractivity contribution in [3.8, 4) is 11.1 Å². The number of hydrogen-bond donors (Lipinski definition) is 1. The lowest BCUT2D eigenvalue weighted by molar-refractivity contribution is 0.000438. The van der Waals surface area contributed by atoms with Crippen molar-refractivity contribution in [2.24, 2.45) is 0 Å². The zero-order chi connectivity index (χ0) is 19.4. The van der Waals surface area contributed by atoms with E-state index in [2.05, 4.69) is 5.32 Å². The van der Waals surface area contributed by atoms with E-state index in [1.807, 2.05) is 0 Å². The number of halogens is 1. The lowest BCUT2D eigenvalue weighted by Gasteiger charge is -2.31. The van der Waals surface area contributed by atoms with Crippen LogP contribution in [0, 0.1) is 5.82 Å². The van der Waals surface area contributed by atoms with Crippen molar-refractivity contribution in [3.05, 3.63) is 59.9 Å². The maximum atomic E-state index is 13.3. The highest BCUT2D eigenvalue weighted by molar-refractivity contribution is 7.88. The van der Waals surface area contributed by atoms with Crippen LogP contribution in [0.1, 0.15) is 10.4 Å². The summed E-state index contributed by atoms with van der Waals surface area (Å²) in [6, 6.07) is 13.1. The van der Waals surface area contributed by atoms with Crippen molar-refractivity contribution in [1.29, 1.82) is 0 Å². The topological polar surface area (TPSA) is 75.7 Å². The minimum Gasteiger partial charge on any atom is -0.374 e. The molecule has 1 N–H and O–H groups in total. The molecule has 0 saturated carbocycles. The van der Waals surface area contributed by atoms with Crippen LogP contribution in [0.4, 0.5) is 4.39 Å². The Labute approximate surface area is 158 Å². The van der Waals surface area contributed by atoms with Gasteiger partial charge in [-0.2, -0.15) is 4.31 Å². The fourth-order valence-corrected chi connectivity index (χ4v) is 3.75. The molecule has 1 unspecified atom stereocenters. The molecule has 3 rings (SSSR count). The van der Waals surface area contributed by atoms with Gasteiger partial charge in [0.25, 0.3) is 5.91 Å². The molecule has 0 aromatic heterocycles. The van der Waals surface area contributed by atoms with Crippen LogP contribution in [0.15, 0.2) is 48.5 Å². The average Bonchev–Trinajstić information content (AvgIpc) is 2.66. The van der Waals surface area contributed by atoms with Gasteiger partial charge in [-0.25, -0.2) is 12.8 Å². The molecule has 1 heterocycles. The molecule has 1 aliphatic heterocycles. The minimum atomic E-state index is -3.27. The Bertz CT molecular complexity index is 916. The van der Waals surface area contributed by atoms with Gasteiger partial charge < -0.3 is 10.1 Å². The highest BCUT2D eigenvalue weighted by atomic mass is 32.2. The molecular weight excluding hydrogens is 371 g/mol. The van der Waals surface area contributed by atoms with Crippen LogP contribution in [0.2, 0.25) is 0 Å². The molecule has 1 atom stereocenters. The van der Waals surface area contributed by atoms with Crippen LogP contribution < -0.4 is 5.32 Å². The van der Waals surface area contributed by atoms with Gasteiger partial charge in [0.1, 0.15) is 5.82 Å². The summed E-state index contributed by atoms with van der Waals surface area (Å²) in [5.74, 6) is -0.592. The monoisotopic (exact) mass is 392 g/mol. The van der Waals surface area contributed by atoms with Crippen molar-refractivity contribution < 1.29 is 22.3 Å². The summed E-state index contributed by atoms with van der Waals surface area (Å²) in [4.78, 5) is 12.3. The van der Waals surface area contributed by atoms with Crippen molar-refractivity contribution in [2.75, 3.05) is 32.5 Å². The molecule has 27 heavy (non-hydrogen) atoms. The van der Waals surface area contributed by atoms with Crippen molar-refractivity contribution in [1.82, 2.24) is 9.62 Å². The maximum absolute atomic E-state index is 13.3. The molecule has 2 aromatic rings. The van der Waals surface area contributed by atoms with Crippen LogP contribution in [0.3, 0.4) is 0 Å². The van der Waals surface area contributed by atoms with Gasteiger partial charge in [-0.3, -0.25) is 4.79 Å². The third-order valence-electron chi connectivity index (χ3n) is 4.37. The number of ether oxygens (including phenoxy) is 1. The van der Waals surface area contributed by atoms with E-state index in [-0.39, 0.29) is 30.9 Å². The Kier molecular flexibility index (Phi) is 5.88. The van der Waals surface area contributed by atoms with Crippen molar-refractivity contribution in [2.45, 2.75) is 6.10 Å². The molecule has 2 aromatic carbocycles. The van der Waals surface area contributed by atoms with Crippen LogP contribution in [0.25, 0.3) is 11.1 Å². The lowest BCUT2D eigenvalue weighted by atomic mass is 10.0. The highest BCUT2D eigenvalue weighted by Crippen LogP contribution is 2.20. The molecule has 1 saturated heterocycles. The maximum Gasteiger partial charge on any atom is 0.251 e. The fourth-order valence-electron chi connectivity index (χ4n) is 2.91. The number of sulfonamides is 1. The molecule has 0 aliphatic carbocycles. The van der Waals surface area contributed by atoms with Crippen LogP contribution in [-0.2, 0) is 14.8 Å². The lowest BCUT2D eigenvalue weighted by Crippen LogP contribution is -2.49. The summed E-state index contributed by atoms with van der Waals surface area (Å²) in [7, 11) is -3.27. The summed E-state index contributed by atoms with van der Waals surface area (Å²) < 4.78 is 43.4. The Morgan fingerprint density at radius 3 is 2.63 bits per heavy atom. The Morgan fingerprint density at radius 2 is 1.96 bits per heavy atom. The van der Waals surface area contributed by atoms with Crippen molar-refractivity contribution >= 4 is 15.9 Å². The van der Waals surface area contributed by atoms with E-state index in [0.29, 0.717) is 18.7 Å². The van der Waals surface area contributed by atoms with E-state index < -0.39 is 10.0 Å². The first kappa shape index (κ1) is 19.5. The van der Waals surface area contributed by atoms with E-state index in [1.54, 1.807) is 36.4 Å². The zero-order valence-corrected chi connectivity index (χ0v) is 15.7. The molecule has 8 heteroatoms. The first-order chi connectivity index (χ1) is 12.8. The van der Waals surface area contributed by atoms with Crippen LogP contribution in [-0.4, -0.2) is 57.2 Å². The van der Waals surface area contributed by atoms with Gasteiger partial charge in [-0.05, 0) is 35.4 Å². The predicted octanol–water partition coefficient (Wildman–Crippen LogP) is 1.88. The molecule has 6 nitrogen and oxygen atoms in total. The van der Waals surface area contributed by atoms with Crippen molar-refractivity contribution in [3.63, 3.8) is 0 Å². The van der Waals surface area contributed by atoms with Crippen LogP contribution >= 0.6 is 0 Å². The number of nitrogens with one attached hydrogen (secondary N) is 1. The average molecular weight is 392 g/mol. The second kappa shape index (κ2) is 8.16. The number of benzene rings is 2. The SMILES string of the molecule is CS(=O)(=O)N1CCOC(CNC(=O)c2ccc(-c3cccc(F)c3)cc2)C1. The number of hydrogen-bond acceptors (Lipinski definition) is 4. The quantitative estimate of drug-likeness (QED) is 0.843. The summed E-state index contributed by atoms with van der Waals surface area (Å²) in [6.07, 6.45) is 0.776. The molecule has 0 bridgehead atoms. The Hall–Kier alpha value is -2.29. The Morgan fingerprint density at radius 1 is 1.22 bits per heavy atom. The molecule has 0 spiro atoms. The predicted molar refractivity (Wildman–Crippen MR) is 100 cm³/mol. The number of carbonyl (C=O) groups is 1. The van der Waals surface area contributed by atoms with Gasteiger partial charge in [0.05, 0.1) is 19.0 Å². The number of amides is 1. The van der Waals surface area contributed by atoms with Gasteiger partial charge in [-0.1, -0.05) is 24.3 Å². The summed E-state index contributed by atoms with van der Waals surface area (Å²) in [6.45, 7) is 1.06. The van der Waals surface area contributed by atoms with E-state index in [4.69, 9.17) is 4.74 Å². The van der Waals surface area contributed by atoms with Gasteiger partial charge in [0, 0.05) is 25.2 Å². The van der Waals surface area contributed by atoms with Gasteiger partial charge >= 0.3 is 0 Å². The summed E-state index contributed by atoms with van der Waals surface area (Å²) in [5, 5.41) is 2.76. The first-order valence-corrected chi connectivity index (χ1v) is 10.4. The second-order valence-electron chi connectivity index (χ2n) is 6.41. The fraction of sp³-hybridized carbons (Fsp3) is 0.316.